The summed E-state index contributed by atoms with van der Waals surface area (Å²) in [6, 6.07) is 0.831. The molecule has 2 amide bonds. The number of nitrogens with zero attached hydrogens (tertiary/aromatic N) is 1. The van der Waals surface area contributed by atoms with E-state index in [1.807, 2.05) is 37.6 Å². The molecular weight excluding hydrogens is 420 g/mol. The maximum absolute atomic E-state index is 13.0. The van der Waals surface area contributed by atoms with Crippen LogP contribution in [0, 0.1) is 5.92 Å². The van der Waals surface area contributed by atoms with Crippen LogP contribution in [0.2, 0.25) is 0 Å². The summed E-state index contributed by atoms with van der Waals surface area (Å²) in [6.45, 7) is 7.76. The number of likely N-dealkylation sites (tertiary alicyclic amines) is 1. The summed E-state index contributed by atoms with van der Waals surface area (Å²) in [4.78, 5) is 39.6. The standard InChI is InChI=1S/C22H34N2O6S/c1-14(19(25)23-16(20(26)29-6)12-15-9-11-31-13-15)18(28-5)17-8-7-10-24(17)21(27)30-22(2,3)4/h9,11,13-14,16-18H,7-8,10,12H2,1-6H3,(H,23,25)/t14-,16+,17+,18-/m1/s1. The first kappa shape index (κ1) is 25.1. The van der Waals surface area contributed by atoms with Gasteiger partial charge in [0.15, 0.2) is 0 Å². The minimum Gasteiger partial charge on any atom is -0.467 e. The molecular formula is C22H34N2O6S. The first-order chi connectivity index (χ1) is 14.6. The van der Waals surface area contributed by atoms with E-state index in [9.17, 15) is 14.4 Å². The molecule has 9 heteroatoms. The van der Waals surface area contributed by atoms with Gasteiger partial charge in [0.2, 0.25) is 5.91 Å². The number of carbonyl (C=O) groups is 3. The van der Waals surface area contributed by atoms with E-state index in [1.54, 1.807) is 11.8 Å². The Balaban J connectivity index is 2.10. The van der Waals surface area contributed by atoms with Crippen LogP contribution >= 0.6 is 11.3 Å². The van der Waals surface area contributed by atoms with Crippen molar-refractivity contribution >= 4 is 29.3 Å². The van der Waals surface area contributed by atoms with E-state index in [0.29, 0.717) is 19.4 Å². The smallest absolute Gasteiger partial charge is 0.410 e. The number of hydrogen-bond donors (Lipinski definition) is 1. The number of rotatable bonds is 8. The van der Waals surface area contributed by atoms with Gasteiger partial charge in [0.05, 0.1) is 25.2 Å². The summed E-state index contributed by atoms with van der Waals surface area (Å²) in [6.07, 6.45) is 0.926. The molecule has 2 rings (SSSR count). The van der Waals surface area contributed by atoms with Crippen LogP contribution in [-0.4, -0.2) is 67.4 Å². The Morgan fingerprint density at radius 1 is 1.29 bits per heavy atom. The van der Waals surface area contributed by atoms with E-state index in [1.165, 1.54) is 25.6 Å². The molecule has 1 aromatic heterocycles. The summed E-state index contributed by atoms with van der Waals surface area (Å²) < 4.78 is 16.1. The van der Waals surface area contributed by atoms with Crippen molar-refractivity contribution < 1.29 is 28.6 Å². The molecule has 0 radical (unpaired) electrons. The molecule has 174 valence electrons. The van der Waals surface area contributed by atoms with Gasteiger partial charge in [-0.1, -0.05) is 6.92 Å². The van der Waals surface area contributed by atoms with Crippen molar-refractivity contribution in [2.75, 3.05) is 20.8 Å². The fraction of sp³-hybridized carbons (Fsp3) is 0.682. The minimum absolute atomic E-state index is 0.283. The van der Waals surface area contributed by atoms with E-state index in [0.717, 1.165) is 12.0 Å². The third kappa shape index (κ3) is 6.93. The highest BCUT2D eigenvalue weighted by Gasteiger charge is 2.41. The van der Waals surface area contributed by atoms with E-state index < -0.39 is 35.7 Å². The lowest BCUT2D eigenvalue weighted by Crippen LogP contribution is -2.53. The molecule has 1 aromatic rings. The van der Waals surface area contributed by atoms with Crippen LogP contribution in [0.5, 0.6) is 0 Å². The Labute approximate surface area is 188 Å². The maximum Gasteiger partial charge on any atom is 0.410 e. The molecule has 31 heavy (non-hydrogen) atoms. The predicted molar refractivity (Wildman–Crippen MR) is 118 cm³/mol. The molecule has 0 bridgehead atoms. The fourth-order valence-electron chi connectivity index (χ4n) is 3.81. The molecule has 4 atom stereocenters. The number of hydrogen-bond acceptors (Lipinski definition) is 7. The van der Waals surface area contributed by atoms with Crippen LogP contribution in [0.1, 0.15) is 46.1 Å². The van der Waals surface area contributed by atoms with Crippen LogP contribution in [0.25, 0.3) is 0 Å². The van der Waals surface area contributed by atoms with Crippen molar-refractivity contribution in [3.05, 3.63) is 22.4 Å². The van der Waals surface area contributed by atoms with Gasteiger partial charge < -0.3 is 24.4 Å². The molecule has 0 aliphatic carbocycles. The van der Waals surface area contributed by atoms with Crippen LogP contribution < -0.4 is 5.32 Å². The second kappa shape index (κ2) is 10.9. The lowest BCUT2D eigenvalue weighted by atomic mass is 9.94. The zero-order valence-corrected chi connectivity index (χ0v) is 20.0. The molecule has 1 saturated heterocycles. The molecule has 1 aliphatic rings. The molecule has 0 aromatic carbocycles. The Bertz CT molecular complexity index is 746. The van der Waals surface area contributed by atoms with E-state index in [-0.39, 0.29) is 11.9 Å². The Morgan fingerprint density at radius 2 is 2.00 bits per heavy atom. The molecule has 0 unspecified atom stereocenters. The van der Waals surface area contributed by atoms with Gasteiger partial charge in [0, 0.05) is 20.1 Å². The maximum atomic E-state index is 13.0. The van der Waals surface area contributed by atoms with Gasteiger partial charge >= 0.3 is 12.1 Å². The Hall–Kier alpha value is -2.13. The first-order valence-corrected chi connectivity index (χ1v) is 11.4. The fourth-order valence-corrected chi connectivity index (χ4v) is 4.49. The normalized spacial score (nSPS) is 19.4. The van der Waals surface area contributed by atoms with E-state index >= 15 is 0 Å². The summed E-state index contributed by atoms with van der Waals surface area (Å²) >= 11 is 1.52. The van der Waals surface area contributed by atoms with Crippen molar-refractivity contribution in [1.29, 1.82) is 0 Å². The van der Waals surface area contributed by atoms with Gasteiger partial charge in [-0.05, 0) is 56.0 Å². The molecule has 1 aliphatic heterocycles. The molecule has 8 nitrogen and oxygen atoms in total. The molecule has 0 spiro atoms. The van der Waals surface area contributed by atoms with E-state index in [2.05, 4.69) is 5.32 Å². The zero-order valence-electron chi connectivity index (χ0n) is 19.2. The van der Waals surface area contributed by atoms with Gasteiger partial charge in [0.25, 0.3) is 0 Å². The minimum atomic E-state index is -0.794. The van der Waals surface area contributed by atoms with Gasteiger partial charge in [-0.2, -0.15) is 11.3 Å². The molecule has 1 fully saturated rings. The van der Waals surface area contributed by atoms with Crippen LogP contribution in [-0.2, 0) is 30.2 Å². The number of carbonyl (C=O) groups excluding carboxylic acids is 3. The number of esters is 1. The highest BCUT2D eigenvalue weighted by atomic mass is 32.1. The lowest BCUT2D eigenvalue weighted by Gasteiger charge is -2.35. The van der Waals surface area contributed by atoms with Crippen molar-refractivity contribution in [1.82, 2.24) is 10.2 Å². The molecule has 1 N–H and O–H groups in total. The number of thiophene rings is 1. The van der Waals surface area contributed by atoms with Crippen molar-refractivity contribution in [2.24, 2.45) is 5.92 Å². The van der Waals surface area contributed by atoms with Gasteiger partial charge in [0.1, 0.15) is 11.6 Å². The van der Waals surface area contributed by atoms with Crippen molar-refractivity contribution in [3.8, 4) is 0 Å². The summed E-state index contributed by atoms with van der Waals surface area (Å²) in [5, 5.41) is 6.65. The lowest BCUT2D eigenvalue weighted by molar-refractivity contribution is -0.146. The van der Waals surface area contributed by atoms with Gasteiger partial charge in [-0.3, -0.25) is 4.79 Å². The van der Waals surface area contributed by atoms with E-state index in [4.69, 9.17) is 14.2 Å². The quantitative estimate of drug-likeness (QED) is 0.607. The zero-order chi connectivity index (χ0) is 23.2. The Kier molecular flexibility index (Phi) is 8.88. The third-order valence-corrected chi connectivity index (χ3v) is 6.04. The number of ether oxygens (including phenoxy) is 3. The van der Waals surface area contributed by atoms with Crippen molar-refractivity contribution in [2.45, 2.75) is 70.7 Å². The van der Waals surface area contributed by atoms with Crippen LogP contribution in [0.4, 0.5) is 4.79 Å². The number of methoxy groups -OCH3 is 2. The van der Waals surface area contributed by atoms with Crippen LogP contribution in [0.15, 0.2) is 16.8 Å². The third-order valence-electron chi connectivity index (χ3n) is 5.31. The highest BCUT2D eigenvalue weighted by Crippen LogP contribution is 2.28. The highest BCUT2D eigenvalue weighted by molar-refractivity contribution is 7.07. The number of nitrogens with one attached hydrogen (secondary N) is 1. The Morgan fingerprint density at radius 3 is 2.55 bits per heavy atom. The van der Waals surface area contributed by atoms with Gasteiger partial charge in [-0.15, -0.1) is 0 Å². The monoisotopic (exact) mass is 454 g/mol. The summed E-state index contributed by atoms with van der Waals surface area (Å²) in [5.74, 6) is -1.42. The first-order valence-electron chi connectivity index (χ1n) is 10.5. The summed E-state index contributed by atoms with van der Waals surface area (Å²) in [5.41, 5.74) is 0.342. The largest absolute Gasteiger partial charge is 0.467 e. The molecule has 2 heterocycles. The SMILES string of the molecule is COC(=O)[C@H](Cc1ccsc1)NC(=O)[C@H](C)[C@@H](OC)[C@@H]1CCCN1C(=O)OC(C)(C)C. The second-order valence-corrected chi connectivity index (χ2v) is 9.57. The van der Waals surface area contributed by atoms with Gasteiger partial charge in [-0.25, -0.2) is 9.59 Å². The number of amides is 2. The average molecular weight is 455 g/mol. The van der Waals surface area contributed by atoms with Crippen molar-refractivity contribution in [3.63, 3.8) is 0 Å². The second-order valence-electron chi connectivity index (χ2n) is 8.79. The van der Waals surface area contributed by atoms with Crippen LogP contribution in [0.3, 0.4) is 0 Å². The molecule has 0 saturated carbocycles. The topological polar surface area (TPSA) is 94.2 Å². The average Bonchev–Trinajstić information content (AvgIpc) is 3.38. The summed E-state index contributed by atoms with van der Waals surface area (Å²) in [7, 11) is 2.83. The predicted octanol–water partition coefficient (Wildman–Crippen LogP) is 3.00.